The minimum Gasteiger partial charge on any atom is -0.351 e. The number of rotatable bonds is 5. The highest BCUT2D eigenvalue weighted by Crippen LogP contribution is 2.12. The molecule has 0 bridgehead atoms. The van der Waals surface area contributed by atoms with E-state index >= 15 is 0 Å². The highest BCUT2D eigenvalue weighted by molar-refractivity contribution is 5.79. The van der Waals surface area contributed by atoms with Gasteiger partial charge in [-0.1, -0.05) is 6.07 Å². The Hall–Kier alpha value is -2.70. The highest BCUT2D eigenvalue weighted by atomic mass is 16.1. The Kier molecular flexibility index (Phi) is 3.86. The van der Waals surface area contributed by atoms with E-state index in [0.717, 1.165) is 17.0 Å². The lowest BCUT2D eigenvalue weighted by atomic mass is 10.2. The maximum atomic E-state index is 12.2. The predicted octanol–water partition coefficient (Wildman–Crippen LogP) is 0.982. The molecular formula is C15H18N6O. The quantitative estimate of drug-likeness (QED) is 0.762. The van der Waals surface area contributed by atoms with Gasteiger partial charge in [-0.05, 0) is 26.0 Å². The van der Waals surface area contributed by atoms with Crippen LogP contribution in [0.5, 0.6) is 0 Å². The van der Waals surface area contributed by atoms with Crippen molar-refractivity contribution < 1.29 is 4.79 Å². The Morgan fingerprint density at radius 2 is 2.27 bits per heavy atom. The second-order valence-corrected chi connectivity index (χ2v) is 5.34. The largest absolute Gasteiger partial charge is 0.351 e. The number of hydrogen-bond acceptors (Lipinski definition) is 4. The standard InChI is InChI=1S/C15H18N6O/c1-11(8-20-10-16-9-17-20)18-15(22)7-13-12(2)19-14-5-3-4-6-21(13)14/h3-6,9-11H,7-8H2,1-2H3,(H,18,22). The Labute approximate surface area is 128 Å². The molecule has 7 heteroatoms. The molecule has 1 amide bonds. The first-order chi connectivity index (χ1) is 10.6. The van der Waals surface area contributed by atoms with Gasteiger partial charge in [-0.3, -0.25) is 9.48 Å². The zero-order chi connectivity index (χ0) is 15.5. The zero-order valence-electron chi connectivity index (χ0n) is 12.6. The molecule has 1 atom stereocenters. The number of pyridine rings is 1. The third-order valence-electron chi connectivity index (χ3n) is 3.49. The van der Waals surface area contributed by atoms with Gasteiger partial charge in [0, 0.05) is 12.2 Å². The maximum Gasteiger partial charge on any atom is 0.226 e. The van der Waals surface area contributed by atoms with E-state index in [1.807, 2.05) is 42.6 Å². The maximum absolute atomic E-state index is 12.2. The van der Waals surface area contributed by atoms with Crippen LogP contribution < -0.4 is 5.32 Å². The van der Waals surface area contributed by atoms with E-state index in [0.29, 0.717) is 13.0 Å². The van der Waals surface area contributed by atoms with Crippen LogP contribution in [0.15, 0.2) is 37.1 Å². The van der Waals surface area contributed by atoms with Crippen molar-refractivity contribution in [2.24, 2.45) is 0 Å². The summed E-state index contributed by atoms with van der Waals surface area (Å²) < 4.78 is 3.65. The third-order valence-corrected chi connectivity index (χ3v) is 3.49. The number of nitrogens with zero attached hydrogens (tertiary/aromatic N) is 5. The van der Waals surface area contributed by atoms with E-state index in [1.54, 1.807) is 11.0 Å². The molecule has 22 heavy (non-hydrogen) atoms. The van der Waals surface area contributed by atoms with Crippen molar-refractivity contribution in [2.45, 2.75) is 32.9 Å². The average Bonchev–Trinajstić information content (AvgIpc) is 3.08. The molecular weight excluding hydrogens is 280 g/mol. The molecule has 3 rings (SSSR count). The van der Waals surface area contributed by atoms with Gasteiger partial charge in [0.1, 0.15) is 18.3 Å². The molecule has 1 unspecified atom stereocenters. The fourth-order valence-electron chi connectivity index (χ4n) is 2.51. The van der Waals surface area contributed by atoms with Crippen LogP contribution in [0, 0.1) is 6.92 Å². The van der Waals surface area contributed by atoms with Crippen LogP contribution in [0.1, 0.15) is 18.3 Å². The number of fused-ring (bicyclic) bond motifs is 1. The molecule has 0 spiro atoms. The van der Waals surface area contributed by atoms with Gasteiger partial charge < -0.3 is 9.72 Å². The number of aromatic nitrogens is 5. The van der Waals surface area contributed by atoms with Crippen LogP contribution in [-0.2, 0) is 17.8 Å². The first-order valence-corrected chi connectivity index (χ1v) is 7.18. The van der Waals surface area contributed by atoms with E-state index in [1.165, 1.54) is 6.33 Å². The molecule has 0 aliphatic heterocycles. The van der Waals surface area contributed by atoms with Gasteiger partial charge in [0.2, 0.25) is 5.91 Å². The SMILES string of the molecule is Cc1nc2ccccn2c1CC(=O)NC(C)Cn1cncn1. The molecule has 7 nitrogen and oxygen atoms in total. The van der Waals surface area contributed by atoms with E-state index in [2.05, 4.69) is 20.4 Å². The second-order valence-electron chi connectivity index (χ2n) is 5.34. The minimum absolute atomic E-state index is 0.0197. The molecule has 3 heterocycles. The van der Waals surface area contributed by atoms with Crippen molar-refractivity contribution >= 4 is 11.6 Å². The molecule has 0 aromatic carbocycles. The number of hydrogen-bond donors (Lipinski definition) is 1. The third kappa shape index (κ3) is 2.98. The Morgan fingerprint density at radius 3 is 3.05 bits per heavy atom. The lowest BCUT2D eigenvalue weighted by Crippen LogP contribution is -2.37. The number of imidazole rings is 1. The summed E-state index contributed by atoms with van der Waals surface area (Å²) in [5.74, 6) is -0.0265. The molecule has 3 aromatic rings. The van der Waals surface area contributed by atoms with Crippen molar-refractivity contribution in [3.05, 3.63) is 48.4 Å². The summed E-state index contributed by atoms with van der Waals surface area (Å²) in [7, 11) is 0. The number of carbonyl (C=O) groups is 1. The lowest BCUT2D eigenvalue weighted by Gasteiger charge is -2.13. The van der Waals surface area contributed by atoms with E-state index in [-0.39, 0.29) is 11.9 Å². The van der Waals surface area contributed by atoms with Crippen LogP contribution in [0.4, 0.5) is 0 Å². The molecule has 0 saturated carbocycles. The molecule has 114 valence electrons. The number of nitrogens with one attached hydrogen (secondary N) is 1. The molecule has 0 radical (unpaired) electrons. The Bertz CT molecular complexity index is 777. The van der Waals surface area contributed by atoms with Crippen molar-refractivity contribution in [3.8, 4) is 0 Å². The van der Waals surface area contributed by atoms with Gasteiger partial charge in [0.25, 0.3) is 0 Å². The first-order valence-electron chi connectivity index (χ1n) is 7.18. The van der Waals surface area contributed by atoms with E-state index in [9.17, 15) is 4.79 Å². The predicted molar refractivity (Wildman–Crippen MR) is 81.3 cm³/mol. The number of aryl methyl sites for hydroxylation is 1. The smallest absolute Gasteiger partial charge is 0.226 e. The molecule has 0 aliphatic rings. The minimum atomic E-state index is -0.0265. The van der Waals surface area contributed by atoms with Gasteiger partial charge in [-0.25, -0.2) is 9.97 Å². The Balaban J connectivity index is 1.67. The van der Waals surface area contributed by atoms with Crippen molar-refractivity contribution in [2.75, 3.05) is 0 Å². The van der Waals surface area contributed by atoms with Crippen molar-refractivity contribution in [1.82, 2.24) is 29.5 Å². The summed E-state index contributed by atoms with van der Waals surface area (Å²) >= 11 is 0. The van der Waals surface area contributed by atoms with E-state index in [4.69, 9.17) is 0 Å². The number of amides is 1. The molecule has 0 saturated heterocycles. The number of carbonyl (C=O) groups excluding carboxylic acids is 1. The monoisotopic (exact) mass is 298 g/mol. The average molecular weight is 298 g/mol. The van der Waals surface area contributed by atoms with Gasteiger partial charge in [-0.15, -0.1) is 0 Å². The first kappa shape index (κ1) is 14.2. The molecule has 0 fully saturated rings. The molecule has 0 aliphatic carbocycles. The van der Waals surface area contributed by atoms with Crippen LogP contribution in [0.25, 0.3) is 5.65 Å². The highest BCUT2D eigenvalue weighted by Gasteiger charge is 2.14. The fourth-order valence-corrected chi connectivity index (χ4v) is 2.51. The summed E-state index contributed by atoms with van der Waals surface area (Å²) in [6.07, 6.45) is 5.35. The summed E-state index contributed by atoms with van der Waals surface area (Å²) in [4.78, 5) is 20.6. The fraction of sp³-hybridized carbons (Fsp3) is 0.333. The van der Waals surface area contributed by atoms with Crippen LogP contribution in [0.2, 0.25) is 0 Å². The topological polar surface area (TPSA) is 77.1 Å². The van der Waals surface area contributed by atoms with Gasteiger partial charge >= 0.3 is 0 Å². The van der Waals surface area contributed by atoms with Crippen molar-refractivity contribution in [1.29, 1.82) is 0 Å². The van der Waals surface area contributed by atoms with Gasteiger partial charge in [0.15, 0.2) is 0 Å². The van der Waals surface area contributed by atoms with E-state index < -0.39 is 0 Å². The summed E-state index contributed by atoms with van der Waals surface area (Å²) in [6, 6.07) is 5.78. The summed E-state index contributed by atoms with van der Waals surface area (Å²) in [5.41, 5.74) is 2.66. The normalized spacial score (nSPS) is 12.5. The van der Waals surface area contributed by atoms with Gasteiger partial charge in [-0.2, -0.15) is 5.10 Å². The molecule has 1 N–H and O–H groups in total. The van der Waals surface area contributed by atoms with Crippen LogP contribution in [0.3, 0.4) is 0 Å². The second kappa shape index (κ2) is 5.97. The van der Waals surface area contributed by atoms with Gasteiger partial charge in [0.05, 0.1) is 24.4 Å². The van der Waals surface area contributed by atoms with Crippen molar-refractivity contribution in [3.63, 3.8) is 0 Å². The molecule has 3 aromatic heterocycles. The summed E-state index contributed by atoms with van der Waals surface area (Å²) in [5, 5.41) is 7.01. The summed E-state index contributed by atoms with van der Waals surface area (Å²) in [6.45, 7) is 4.47. The van der Waals surface area contributed by atoms with Crippen LogP contribution in [-0.4, -0.2) is 36.1 Å². The lowest BCUT2D eigenvalue weighted by molar-refractivity contribution is -0.121. The van der Waals surface area contributed by atoms with Crippen LogP contribution >= 0.6 is 0 Å². The Morgan fingerprint density at radius 1 is 1.41 bits per heavy atom. The zero-order valence-corrected chi connectivity index (χ0v) is 12.6.